The van der Waals surface area contributed by atoms with E-state index >= 15 is 0 Å². The van der Waals surface area contributed by atoms with Crippen molar-refractivity contribution in [2.24, 2.45) is 0 Å². The van der Waals surface area contributed by atoms with E-state index in [1.165, 1.54) is 0 Å². The van der Waals surface area contributed by atoms with Crippen molar-refractivity contribution in [3.05, 3.63) is 0 Å². The number of nitrogens with one attached hydrogen (secondary N) is 1. The van der Waals surface area contributed by atoms with E-state index in [1.54, 1.807) is 11.4 Å². The number of hydrogen-bond acceptors (Lipinski definition) is 4. The van der Waals surface area contributed by atoms with Crippen LogP contribution in [0.5, 0.6) is 0 Å². The van der Waals surface area contributed by atoms with Crippen molar-refractivity contribution in [1.82, 2.24) is 9.62 Å². The van der Waals surface area contributed by atoms with E-state index in [9.17, 15) is 8.42 Å². The van der Waals surface area contributed by atoms with Crippen LogP contribution in [0, 0.1) is 0 Å². The molecule has 0 saturated heterocycles. The lowest BCUT2D eigenvalue weighted by atomic mass is 9.91. The van der Waals surface area contributed by atoms with Gasteiger partial charge in [0, 0.05) is 25.7 Å². The molecule has 20 heavy (non-hydrogen) atoms. The van der Waals surface area contributed by atoms with Gasteiger partial charge in [0.1, 0.15) is 0 Å². The summed E-state index contributed by atoms with van der Waals surface area (Å²) in [4.78, 5) is 0. The molecule has 0 radical (unpaired) electrons. The second kappa shape index (κ2) is 8.97. The molecule has 1 N–H and O–H groups in total. The first-order valence-corrected chi connectivity index (χ1v) is 9.39. The Bertz CT molecular complexity index is 351. The van der Waals surface area contributed by atoms with Crippen molar-refractivity contribution in [2.45, 2.75) is 58.0 Å². The van der Waals surface area contributed by atoms with Crippen LogP contribution in [-0.4, -0.2) is 57.4 Å². The van der Waals surface area contributed by atoms with Gasteiger partial charge < -0.3 is 10.1 Å². The molecule has 1 fully saturated rings. The van der Waals surface area contributed by atoms with E-state index < -0.39 is 10.0 Å². The summed E-state index contributed by atoms with van der Waals surface area (Å²) in [5.74, 6) is 0.0886. The molecule has 0 aromatic heterocycles. The third-order valence-corrected chi connectivity index (χ3v) is 5.88. The highest BCUT2D eigenvalue weighted by Gasteiger charge is 2.29. The van der Waals surface area contributed by atoms with Gasteiger partial charge in [-0.15, -0.1) is 0 Å². The summed E-state index contributed by atoms with van der Waals surface area (Å²) in [7, 11) is -1.46. The van der Waals surface area contributed by atoms with Gasteiger partial charge in [-0.25, -0.2) is 12.7 Å². The first-order chi connectivity index (χ1) is 9.51. The molecule has 6 heteroatoms. The van der Waals surface area contributed by atoms with E-state index in [1.807, 2.05) is 6.92 Å². The van der Waals surface area contributed by atoms with Gasteiger partial charge in [-0.05, 0) is 45.6 Å². The van der Waals surface area contributed by atoms with Gasteiger partial charge in [0.25, 0.3) is 0 Å². The Morgan fingerprint density at radius 1 is 1.20 bits per heavy atom. The van der Waals surface area contributed by atoms with Gasteiger partial charge in [-0.1, -0.05) is 6.92 Å². The quantitative estimate of drug-likeness (QED) is 0.657. The Labute approximate surface area is 124 Å². The fraction of sp³-hybridized carbons (Fsp3) is 1.00. The standard InChI is InChI=1S/C14H30N2O3S/c1-4-10-15-13-6-8-14(9-7-13)16(3)20(17,18)12-11-19-5-2/h13-15H,4-12H2,1-3H3. The maximum Gasteiger partial charge on any atom is 0.216 e. The highest BCUT2D eigenvalue weighted by atomic mass is 32.2. The molecule has 0 aromatic rings. The third-order valence-electron chi connectivity index (χ3n) is 4.02. The summed E-state index contributed by atoms with van der Waals surface area (Å²) < 4.78 is 31.1. The summed E-state index contributed by atoms with van der Waals surface area (Å²) >= 11 is 0. The lowest BCUT2D eigenvalue weighted by Crippen LogP contribution is -2.44. The monoisotopic (exact) mass is 306 g/mol. The zero-order valence-electron chi connectivity index (χ0n) is 13.1. The van der Waals surface area contributed by atoms with E-state index in [2.05, 4.69) is 12.2 Å². The van der Waals surface area contributed by atoms with Gasteiger partial charge in [-0.3, -0.25) is 0 Å². The molecule has 1 rings (SSSR count). The zero-order valence-corrected chi connectivity index (χ0v) is 13.9. The average molecular weight is 306 g/mol. The Morgan fingerprint density at radius 2 is 1.85 bits per heavy atom. The molecule has 0 bridgehead atoms. The molecule has 120 valence electrons. The minimum Gasteiger partial charge on any atom is -0.381 e. The number of hydrogen-bond donors (Lipinski definition) is 1. The van der Waals surface area contributed by atoms with Crippen molar-refractivity contribution in [1.29, 1.82) is 0 Å². The Kier molecular flexibility index (Phi) is 8.02. The Hall–Kier alpha value is -0.170. The smallest absolute Gasteiger partial charge is 0.216 e. The van der Waals surface area contributed by atoms with Gasteiger partial charge in [0.15, 0.2) is 0 Å². The molecule has 1 aliphatic rings. The van der Waals surface area contributed by atoms with Crippen LogP contribution >= 0.6 is 0 Å². The SMILES string of the molecule is CCCNC1CCC(N(C)S(=O)(=O)CCOCC)CC1. The Morgan fingerprint density at radius 3 is 2.40 bits per heavy atom. The van der Waals surface area contributed by atoms with Crippen molar-refractivity contribution >= 4 is 10.0 Å². The molecule has 1 aliphatic carbocycles. The number of nitrogens with zero attached hydrogens (tertiary/aromatic N) is 1. The van der Waals surface area contributed by atoms with Crippen molar-refractivity contribution in [3.8, 4) is 0 Å². The summed E-state index contributed by atoms with van der Waals surface area (Å²) in [5, 5.41) is 3.52. The molecule has 1 saturated carbocycles. The van der Waals surface area contributed by atoms with Crippen molar-refractivity contribution in [2.75, 3.05) is 32.6 Å². The van der Waals surface area contributed by atoms with Gasteiger partial charge in [0.05, 0.1) is 12.4 Å². The van der Waals surface area contributed by atoms with E-state index in [0.717, 1.165) is 38.6 Å². The molecule has 0 aliphatic heterocycles. The molecule has 0 unspecified atom stereocenters. The average Bonchev–Trinajstić information content (AvgIpc) is 2.45. The van der Waals surface area contributed by atoms with Crippen LogP contribution in [-0.2, 0) is 14.8 Å². The van der Waals surface area contributed by atoms with Crippen LogP contribution < -0.4 is 5.32 Å². The molecule has 0 spiro atoms. The molecule has 0 heterocycles. The fourth-order valence-corrected chi connectivity index (χ4v) is 3.95. The van der Waals surface area contributed by atoms with Crippen LogP contribution in [0.25, 0.3) is 0 Å². The zero-order chi connectivity index (χ0) is 15.0. The number of sulfonamides is 1. The van der Waals surface area contributed by atoms with Gasteiger partial charge >= 0.3 is 0 Å². The van der Waals surface area contributed by atoms with Crippen LogP contribution in [0.1, 0.15) is 46.0 Å². The molecular formula is C14H30N2O3S. The predicted molar refractivity (Wildman–Crippen MR) is 82.4 cm³/mol. The summed E-state index contributed by atoms with van der Waals surface area (Å²) in [6, 6.07) is 0.715. The lowest BCUT2D eigenvalue weighted by Gasteiger charge is -2.34. The van der Waals surface area contributed by atoms with Crippen LogP contribution in [0.15, 0.2) is 0 Å². The minimum absolute atomic E-state index is 0.0886. The first-order valence-electron chi connectivity index (χ1n) is 7.78. The second-order valence-electron chi connectivity index (χ2n) is 5.49. The number of rotatable bonds is 9. The van der Waals surface area contributed by atoms with Crippen molar-refractivity contribution < 1.29 is 13.2 Å². The summed E-state index contributed by atoms with van der Waals surface area (Å²) in [6.45, 7) is 5.94. The van der Waals surface area contributed by atoms with E-state index in [0.29, 0.717) is 12.6 Å². The summed E-state index contributed by atoms with van der Waals surface area (Å²) in [6.07, 6.45) is 5.18. The maximum absolute atomic E-state index is 12.2. The number of ether oxygens (including phenoxy) is 1. The van der Waals surface area contributed by atoms with E-state index in [4.69, 9.17) is 4.74 Å². The van der Waals surface area contributed by atoms with Gasteiger partial charge in [0.2, 0.25) is 10.0 Å². The van der Waals surface area contributed by atoms with Crippen molar-refractivity contribution in [3.63, 3.8) is 0 Å². The van der Waals surface area contributed by atoms with Crippen LogP contribution in [0.3, 0.4) is 0 Å². The fourth-order valence-electron chi connectivity index (χ4n) is 2.67. The topological polar surface area (TPSA) is 58.6 Å². The predicted octanol–water partition coefficient (Wildman–Crippen LogP) is 1.60. The highest BCUT2D eigenvalue weighted by Crippen LogP contribution is 2.24. The normalized spacial score (nSPS) is 24.2. The van der Waals surface area contributed by atoms with Crippen LogP contribution in [0.2, 0.25) is 0 Å². The molecule has 0 atom stereocenters. The molecule has 0 amide bonds. The Balaban J connectivity index is 2.39. The highest BCUT2D eigenvalue weighted by molar-refractivity contribution is 7.89. The third kappa shape index (κ3) is 5.68. The molecular weight excluding hydrogens is 276 g/mol. The largest absolute Gasteiger partial charge is 0.381 e. The first kappa shape index (κ1) is 17.9. The van der Waals surface area contributed by atoms with E-state index in [-0.39, 0.29) is 18.4 Å². The second-order valence-corrected chi connectivity index (χ2v) is 7.64. The minimum atomic E-state index is -3.18. The lowest BCUT2D eigenvalue weighted by molar-refractivity contribution is 0.161. The maximum atomic E-state index is 12.2. The van der Waals surface area contributed by atoms with Gasteiger partial charge in [-0.2, -0.15) is 0 Å². The molecule has 5 nitrogen and oxygen atoms in total. The van der Waals surface area contributed by atoms with Crippen LogP contribution in [0.4, 0.5) is 0 Å². The summed E-state index contributed by atoms with van der Waals surface area (Å²) in [5.41, 5.74) is 0. The molecule has 0 aromatic carbocycles.